The first kappa shape index (κ1) is 16.6. The summed E-state index contributed by atoms with van der Waals surface area (Å²) in [5.74, 6) is 1.04. The average Bonchev–Trinajstić information content (AvgIpc) is 3.08. The van der Waals surface area contributed by atoms with Crippen molar-refractivity contribution < 1.29 is 17.6 Å². The molecule has 7 nitrogen and oxygen atoms in total. The van der Waals surface area contributed by atoms with Gasteiger partial charge < -0.3 is 14.3 Å². The van der Waals surface area contributed by atoms with Crippen molar-refractivity contribution in [2.45, 2.75) is 30.8 Å². The lowest BCUT2D eigenvalue weighted by Gasteiger charge is -2.22. The third-order valence-electron chi connectivity index (χ3n) is 5.29. The lowest BCUT2D eigenvalue weighted by Crippen LogP contribution is -2.41. The lowest BCUT2D eigenvalue weighted by molar-refractivity contribution is 0.0906. The number of para-hydroxylation sites is 1. The Balaban J connectivity index is 1.43. The summed E-state index contributed by atoms with van der Waals surface area (Å²) in [6.45, 7) is 0. The zero-order valence-electron chi connectivity index (χ0n) is 14.5. The van der Waals surface area contributed by atoms with Crippen LogP contribution in [0.1, 0.15) is 41.2 Å². The normalized spacial score (nSPS) is 24.3. The first-order valence-corrected chi connectivity index (χ1v) is 10.8. The zero-order chi connectivity index (χ0) is 18.6. The molecule has 5 rings (SSSR count). The smallest absolute Gasteiger partial charge is 0.287 e. The molecule has 2 atom stereocenters. The highest BCUT2D eigenvalue weighted by molar-refractivity contribution is 7.91. The Morgan fingerprint density at radius 2 is 2.04 bits per heavy atom. The Labute approximate surface area is 156 Å². The molecule has 1 aliphatic carbocycles. The number of carbonyl (C=O) groups excluding carboxylic acids is 1. The van der Waals surface area contributed by atoms with Crippen LogP contribution in [0.15, 0.2) is 47.1 Å². The third kappa shape index (κ3) is 3.03. The molecular formula is C19H19N3O4S. The Morgan fingerprint density at radius 3 is 2.81 bits per heavy atom. The van der Waals surface area contributed by atoms with Gasteiger partial charge in [0.2, 0.25) is 0 Å². The van der Waals surface area contributed by atoms with Crippen molar-refractivity contribution in [3.8, 4) is 0 Å². The molecule has 2 aromatic heterocycles. The molecule has 27 heavy (non-hydrogen) atoms. The maximum atomic E-state index is 12.7. The van der Waals surface area contributed by atoms with Crippen LogP contribution >= 0.6 is 0 Å². The summed E-state index contributed by atoms with van der Waals surface area (Å²) >= 11 is 0. The molecule has 0 radical (unpaired) electrons. The van der Waals surface area contributed by atoms with Gasteiger partial charge in [0.15, 0.2) is 15.6 Å². The number of fused-ring (bicyclic) bond motifs is 1. The summed E-state index contributed by atoms with van der Waals surface area (Å²) in [4.78, 5) is 17.1. The Morgan fingerprint density at radius 1 is 1.22 bits per heavy atom. The molecule has 0 spiro atoms. The van der Waals surface area contributed by atoms with Crippen LogP contribution in [0.3, 0.4) is 0 Å². The van der Waals surface area contributed by atoms with E-state index in [1.54, 1.807) is 18.3 Å². The number of amides is 1. The van der Waals surface area contributed by atoms with Crippen LogP contribution in [0.4, 0.5) is 0 Å². The van der Waals surface area contributed by atoms with Crippen molar-refractivity contribution >= 4 is 26.7 Å². The number of hydrogen-bond donors (Lipinski definition) is 1. The molecule has 140 valence electrons. The number of rotatable bonds is 4. The number of carbonyl (C=O) groups is 1. The van der Waals surface area contributed by atoms with Crippen LogP contribution < -0.4 is 5.32 Å². The van der Waals surface area contributed by atoms with Gasteiger partial charge in [0.05, 0.1) is 23.6 Å². The van der Waals surface area contributed by atoms with E-state index in [1.165, 1.54) is 0 Å². The highest BCUT2D eigenvalue weighted by Crippen LogP contribution is 2.41. The highest BCUT2D eigenvalue weighted by Gasteiger charge is 2.42. The molecule has 1 aliphatic heterocycles. The molecule has 1 aromatic carbocycles. The molecular weight excluding hydrogens is 366 g/mol. The van der Waals surface area contributed by atoms with Crippen LogP contribution in [0.25, 0.3) is 11.0 Å². The van der Waals surface area contributed by atoms with E-state index in [0.717, 1.165) is 24.1 Å². The monoisotopic (exact) mass is 385 g/mol. The summed E-state index contributed by atoms with van der Waals surface area (Å²) in [6.07, 6.45) is 5.68. The van der Waals surface area contributed by atoms with Crippen molar-refractivity contribution in [2.24, 2.45) is 0 Å². The molecule has 1 N–H and O–H groups in total. The number of hydrogen-bond acceptors (Lipinski definition) is 5. The van der Waals surface area contributed by atoms with E-state index in [1.807, 2.05) is 29.0 Å². The zero-order valence-corrected chi connectivity index (χ0v) is 15.4. The largest absolute Gasteiger partial charge is 0.451 e. The van der Waals surface area contributed by atoms with E-state index in [0.29, 0.717) is 11.5 Å². The van der Waals surface area contributed by atoms with Gasteiger partial charge in [-0.15, -0.1) is 0 Å². The SMILES string of the molecule is O=C(N[C@H]1CS(=O)(=O)C[C@H]1n1ccnc1C1CC1)c1cc2ccccc2o1. The third-order valence-corrected chi connectivity index (χ3v) is 7.00. The van der Waals surface area contributed by atoms with Gasteiger partial charge >= 0.3 is 0 Å². The second-order valence-corrected chi connectivity index (χ2v) is 9.49. The molecule has 0 bridgehead atoms. The molecule has 8 heteroatoms. The molecule has 2 aliphatic rings. The second-order valence-electron chi connectivity index (χ2n) is 7.34. The minimum absolute atomic E-state index is 0.00809. The van der Waals surface area contributed by atoms with Crippen LogP contribution in [0, 0.1) is 0 Å². The summed E-state index contributed by atoms with van der Waals surface area (Å²) in [5.41, 5.74) is 0.629. The van der Waals surface area contributed by atoms with E-state index in [2.05, 4.69) is 10.3 Å². The number of nitrogens with zero attached hydrogens (tertiary/aromatic N) is 2. The van der Waals surface area contributed by atoms with Crippen molar-refractivity contribution in [3.05, 3.63) is 54.3 Å². The number of imidazole rings is 1. The van der Waals surface area contributed by atoms with Gasteiger partial charge in [-0.25, -0.2) is 13.4 Å². The minimum Gasteiger partial charge on any atom is -0.451 e. The molecule has 0 unspecified atom stereocenters. The fourth-order valence-electron chi connectivity index (χ4n) is 3.84. The van der Waals surface area contributed by atoms with Crippen LogP contribution in [-0.4, -0.2) is 41.4 Å². The summed E-state index contributed by atoms with van der Waals surface area (Å²) in [6, 6.07) is 8.19. The number of nitrogens with one attached hydrogen (secondary N) is 1. The number of benzene rings is 1. The fraction of sp³-hybridized carbons (Fsp3) is 0.368. The summed E-state index contributed by atoms with van der Waals surface area (Å²) < 4.78 is 32.1. The maximum Gasteiger partial charge on any atom is 0.287 e. The first-order valence-electron chi connectivity index (χ1n) is 9.03. The van der Waals surface area contributed by atoms with E-state index >= 15 is 0 Å². The molecule has 1 amide bonds. The number of furan rings is 1. The quantitative estimate of drug-likeness (QED) is 0.743. The molecule has 1 saturated carbocycles. The predicted molar refractivity (Wildman–Crippen MR) is 99.4 cm³/mol. The molecule has 2 fully saturated rings. The summed E-state index contributed by atoms with van der Waals surface area (Å²) in [5, 5.41) is 3.71. The van der Waals surface area contributed by atoms with E-state index in [4.69, 9.17) is 4.42 Å². The Bertz CT molecular complexity index is 1090. The maximum absolute atomic E-state index is 12.7. The van der Waals surface area contributed by atoms with Gasteiger partial charge in [0.1, 0.15) is 11.4 Å². The molecule has 1 saturated heterocycles. The minimum atomic E-state index is -3.24. The number of sulfone groups is 1. The van der Waals surface area contributed by atoms with E-state index in [9.17, 15) is 13.2 Å². The van der Waals surface area contributed by atoms with Gasteiger partial charge in [-0.2, -0.15) is 0 Å². The average molecular weight is 385 g/mol. The van der Waals surface area contributed by atoms with E-state index < -0.39 is 21.8 Å². The Kier molecular flexibility index (Phi) is 3.65. The van der Waals surface area contributed by atoms with Crippen LogP contribution in [0.2, 0.25) is 0 Å². The molecule has 3 heterocycles. The Hall–Kier alpha value is -2.61. The van der Waals surface area contributed by atoms with Gasteiger partial charge in [0, 0.05) is 23.7 Å². The summed E-state index contributed by atoms with van der Waals surface area (Å²) in [7, 11) is -3.24. The first-order chi connectivity index (χ1) is 13.0. The topological polar surface area (TPSA) is 94.2 Å². The molecule has 3 aromatic rings. The highest BCUT2D eigenvalue weighted by atomic mass is 32.2. The number of aromatic nitrogens is 2. The van der Waals surface area contributed by atoms with Crippen LogP contribution in [-0.2, 0) is 9.84 Å². The fourth-order valence-corrected chi connectivity index (χ4v) is 5.74. The standard InChI is InChI=1S/C19H19N3O4S/c23-19(17-9-13-3-1-2-4-16(13)26-17)21-14-10-27(24,25)11-15(14)22-8-7-20-18(22)12-5-6-12/h1-4,7-9,12,14-15H,5-6,10-11H2,(H,21,23)/t14-,15+/m0/s1. The van der Waals surface area contributed by atoms with Crippen molar-refractivity contribution in [3.63, 3.8) is 0 Å². The predicted octanol–water partition coefficient (Wildman–Crippen LogP) is 2.27. The van der Waals surface area contributed by atoms with Gasteiger partial charge in [-0.3, -0.25) is 4.79 Å². The van der Waals surface area contributed by atoms with Crippen molar-refractivity contribution in [1.29, 1.82) is 0 Å². The van der Waals surface area contributed by atoms with Gasteiger partial charge in [-0.05, 0) is 25.0 Å². The van der Waals surface area contributed by atoms with E-state index in [-0.39, 0.29) is 23.3 Å². The van der Waals surface area contributed by atoms with Gasteiger partial charge in [-0.1, -0.05) is 18.2 Å². The second kappa shape index (κ2) is 5.95. The van der Waals surface area contributed by atoms with Crippen molar-refractivity contribution in [1.82, 2.24) is 14.9 Å². The lowest BCUT2D eigenvalue weighted by atomic mass is 10.1. The van der Waals surface area contributed by atoms with Gasteiger partial charge in [0.25, 0.3) is 5.91 Å². The van der Waals surface area contributed by atoms with Crippen molar-refractivity contribution in [2.75, 3.05) is 11.5 Å². The van der Waals surface area contributed by atoms with Crippen LogP contribution in [0.5, 0.6) is 0 Å².